The molecule has 20 heavy (non-hydrogen) atoms. The molecule has 0 spiro atoms. The number of rotatable bonds is 9. The van der Waals surface area contributed by atoms with E-state index in [4.69, 9.17) is 16.3 Å². The summed E-state index contributed by atoms with van der Waals surface area (Å²) in [5.74, 6) is 1.99. The van der Waals surface area contributed by atoms with Crippen LogP contribution in [0, 0.1) is 5.92 Å². The Hall–Kier alpha value is -0.730. The molecule has 0 heterocycles. The third kappa shape index (κ3) is 4.99. The van der Waals surface area contributed by atoms with Gasteiger partial charge >= 0.3 is 0 Å². The first-order valence-corrected chi connectivity index (χ1v) is 8.05. The molecule has 1 N–H and O–H groups in total. The van der Waals surface area contributed by atoms with Gasteiger partial charge in [0.1, 0.15) is 5.75 Å². The Morgan fingerprint density at radius 1 is 1.25 bits per heavy atom. The van der Waals surface area contributed by atoms with Crippen molar-refractivity contribution in [2.24, 2.45) is 5.92 Å². The van der Waals surface area contributed by atoms with Crippen LogP contribution in [0.2, 0.25) is 5.02 Å². The standard InChI is InChI=1S/C17H28ClNO/c1-5-7-13(3)16(12-19-10-6-2)15-11-14(18)8-9-17(15)20-4/h8-9,11,13,16,19H,5-7,10,12H2,1-4H3. The van der Waals surface area contributed by atoms with Gasteiger partial charge in [-0.1, -0.05) is 45.2 Å². The Labute approximate surface area is 128 Å². The van der Waals surface area contributed by atoms with Crippen LogP contribution in [-0.2, 0) is 0 Å². The van der Waals surface area contributed by atoms with Gasteiger partial charge in [0.2, 0.25) is 0 Å². The molecule has 1 aromatic rings. The maximum Gasteiger partial charge on any atom is 0.122 e. The fourth-order valence-electron chi connectivity index (χ4n) is 2.70. The van der Waals surface area contributed by atoms with Gasteiger partial charge in [0.15, 0.2) is 0 Å². The molecule has 114 valence electrons. The predicted octanol–water partition coefficient (Wildman–Crippen LogP) is 4.87. The van der Waals surface area contributed by atoms with Crippen LogP contribution in [-0.4, -0.2) is 20.2 Å². The van der Waals surface area contributed by atoms with Crippen molar-refractivity contribution >= 4 is 11.6 Å². The maximum atomic E-state index is 6.18. The first kappa shape index (κ1) is 17.3. The van der Waals surface area contributed by atoms with Crippen LogP contribution in [0.15, 0.2) is 18.2 Å². The van der Waals surface area contributed by atoms with E-state index in [1.54, 1.807) is 7.11 Å². The fraction of sp³-hybridized carbons (Fsp3) is 0.647. The van der Waals surface area contributed by atoms with Gasteiger partial charge in [0.05, 0.1) is 7.11 Å². The summed E-state index contributed by atoms with van der Waals surface area (Å²) in [6.45, 7) is 8.78. The van der Waals surface area contributed by atoms with Crippen molar-refractivity contribution in [3.63, 3.8) is 0 Å². The monoisotopic (exact) mass is 297 g/mol. The molecule has 0 aliphatic heterocycles. The Morgan fingerprint density at radius 2 is 2.00 bits per heavy atom. The SMILES string of the molecule is CCCNCC(c1cc(Cl)ccc1OC)C(C)CCC. The first-order chi connectivity index (χ1) is 9.63. The predicted molar refractivity (Wildman–Crippen MR) is 88.0 cm³/mol. The van der Waals surface area contributed by atoms with Crippen LogP contribution in [0.1, 0.15) is 51.5 Å². The van der Waals surface area contributed by atoms with E-state index in [0.717, 1.165) is 30.3 Å². The molecule has 0 saturated heterocycles. The maximum absolute atomic E-state index is 6.18. The number of halogens is 1. The van der Waals surface area contributed by atoms with Crippen molar-refractivity contribution < 1.29 is 4.74 Å². The molecule has 1 rings (SSSR count). The lowest BCUT2D eigenvalue weighted by atomic mass is 9.84. The molecule has 0 fully saturated rings. The number of ether oxygens (including phenoxy) is 1. The van der Waals surface area contributed by atoms with Gasteiger partial charge in [-0.15, -0.1) is 0 Å². The minimum Gasteiger partial charge on any atom is -0.496 e. The molecule has 2 nitrogen and oxygen atoms in total. The number of hydrogen-bond donors (Lipinski definition) is 1. The number of methoxy groups -OCH3 is 1. The van der Waals surface area contributed by atoms with E-state index < -0.39 is 0 Å². The van der Waals surface area contributed by atoms with E-state index >= 15 is 0 Å². The first-order valence-electron chi connectivity index (χ1n) is 7.68. The molecule has 0 bridgehead atoms. The second kappa shape index (κ2) is 9.25. The molecular formula is C17H28ClNO. The second-order valence-corrected chi connectivity index (χ2v) is 5.90. The zero-order valence-electron chi connectivity index (χ0n) is 13.2. The molecule has 1 aromatic carbocycles. The Bertz CT molecular complexity index is 395. The van der Waals surface area contributed by atoms with E-state index in [9.17, 15) is 0 Å². The van der Waals surface area contributed by atoms with Crippen molar-refractivity contribution in [2.45, 2.75) is 46.0 Å². The summed E-state index contributed by atoms with van der Waals surface area (Å²) in [6, 6.07) is 5.93. The van der Waals surface area contributed by atoms with Gasteiger partial charge in [-0.2, -0.15) is 0 Å². The summed E-state index contributed by atoms with van der Waals surface area (Å²) in [6.07, 6.45) is 3.57. The summed E-state index contributed by atoms with van der Waals surface area (Å²) in [4.78, 5) is 0. The molecule has 0 aliphatic carbocycles. The second-order valence-electron chi connectivity index (χ2n) is 5.46. The lowest BCUT2D eigenvalue weighted by Crippen LogP contribution is -2.26. The molecule has 0 saturated carbocycles. The van der Waals surface area contributed by atoms with Gasteiger partial charge < -0.3 is 10.1 Å². The Balaban J connectivity index is 2.98. The van der Waals surface area contributed by atoms with Crippen LogP contribution in [0.25, 0.3) is 0 Å². The van der Waals surface area contributed by atoms with E-state index in [1.165, 1.54) is 18.4 Å². The number of benzene rings is 1. The zero-order valence-corrected chi connectivity index (χ0v) is 14.0. The molecule has 0 amide bonds. The smallest absolute Gasteiger partial charge is 0.122 e. The summed E-state index contributed by atoms with van der Waals surface area (Å²) in [5.41, 5.74) is 1.23. The third-order valence-corrected chi connectivity index (χ3v) is 4.05. The molecule has 0 radical (unpaired) electrons. The van der Waals surface area contributed by atoms with Crippen LogP contribution < -0.4 is 10.1 Å². The largest absolute Gasteiger partial charge is 0.496 e. The van der Waals surface area contributed by atoms with Crippen molar-refractivity contribution in [2.75, 3.05) is 20.2 Å². The third-order valence-electron chi connectivity index (χ3n) is 3.81. The van der Waals surface area contributed by atoms with E-state index in [-0.39, 0.29) is 0 Å². The number of hydrogen-bond acceptors (Lipinski definition) is 2. The Morgan fingerprint density at radius 3 is 2.60 bits per heavy atom. The van der Waals surface area contributed by atoms with Crippen LogP contribution in [0.4, 0.5) is 0 Å². The molecule has 2 atom stereocenters. The van der Waals surface area contributed by atoms with E-state index in [1.807, 2.05) is 12.1 Å². The normalized spacial score (nSPS) is 14.1. The van der Waals surface area contributed by atoms with Crippen molar-refractivity contribution in [1.29, 1.82) is 0 Å². The molecule has 3 heteroatoms. The highest BCUT2D eigenvalue weighted by atomic mass is 35.5. The van der Waals surface area contributed by atoms with Gasteiger partial charge in [0, 0.05) is 23.0 Å². The van der Waals surface area contributed by atoms with Crippen molar-refractivity contribution in [1.82, 2.24) is 5.32 Å². The molecular weight excluding hydrogens is 270 g/mol. The van der Waals surface area contributed by atoms with Crippen LogP contribution in [0.5, 0.6) is 5.75 Å². The van der Waals surface area contributed by atoms with Gasteiger partial charge in [-0.25, -0.2) is 0 Å². The van der Waals surface area contributed by atoms with Gasteiger partial charge in [-0.3, -0.25) is 0 Å². The van der Waals surface area contributed by atoms with Crippen LogP contribution >= 0.6 is 11.6 Å². The lowest BCUT2D eigenvalue weighted by Gasteiger charge is -2.26. The average molecular weight is 298 g/mol. The lowest BCUT2D eigenvalue weighted by molar-refractivity contribution is 0.370. The highest BCUT2D eigenvalue weighted by molar-refractivity contribution is 6.30. The van der Waals surface area contributed by atoms with Crippen LogP contribution in [0.3, 0.4) is 0 Å². The fourth-order valence-corrected chi connectivity index (χ4v) is 2.88. The Kier molecular flexibility index (Phi) is 8.01. The molecule has 0 aromatic heterocycles. The van der Waals surface area contributed by atoms with E-state index in [2.05, 4.69) is 32.2 Å². The van der Waals surface area contributed by atoms with Gasteiger partial charge in [-0.05, 0) is 37.1 Å². The van der Waals surface area contributed by atoms with E-state index in [0.29, 0.717) is 11.8 Å². The minimum atomic E-state index is 0.440. The summed E-state index contributed by atoms with van der Waals surface area (Å²) < 4.78 is 5.53. The minimum absolute atomic E-state index is 0.440. The topological polar surface area (TPSA) is 21.3 Å². The average Bonchev–Trinajstić information content (AvgIpc) is 2.44. The quantitative estimate of drug-likeness (QED) is 0.657. The molecule has 2 unspecified atom stereocenters. The summed E-state index contributed by atoms with van der Waals surface area (Å²) in [5, 5.41) is 4.33. The number of nitrogens with one attached hydrogen (secondary N) is 1. The highest BCUT2D eigenvalue weighted by Crippen LogP contribution is 2.35. The van der Waals surface area contributed by atoms with Crippen molar-refractivity contribution in [3.05, 3.63) is 28.8 Å². The summed E-state index contributed by atoms with van der Waals surface area (Å²) >= 11 is 6.18. The highest BCUT2D eigenvalue weighted by Gasteiger charge is 2.22. The summed E-state index contributed by atoms with van der Waals surface area (Å²) in [7, 11) is 1.73. The van der Waals surface area contributed by atoms with Crippen molar-refractivity contribution in [3.8, 4) is 5.75 Å². The molecule has 0 aliphatic rings. The zero-order chi connectivity index (χ0) is 15.0. The van der Waals surface area contributed by atoms with Gasteiger partial charge in [0.25, 0.3) is 0 Å².